The van der Waals surface area contributed by atoms with Gasteiger partial charge < -0.3 is 14.2 Å². The minimum absolute atomic E-state index is 0.114. The summed E-state index contributed by atoms with van der Waals surface area (Å²) in [4.78, 5) is 36.0. The van der Waals surface area contributed by atoms with Crippen molar-refractivity contribution in [1.29, 1.82) is 0 Å². The number of esters is 3. The average molecular weight is 537 g/mol. The molecule has 0 aliphatic heterocycles. The summed E-state index contributed by atoms with van der Waals surface area (Å²) >= 11 is 0. The van der Waals surface area contributed by atoms with E-state index < -0.39 is 17.9 Å². The fourth-order valence-corrected chi connectivity index (χ4v) is 4.66. The Balaban J connectivity index is 1.63. The lowest BCUT2D eigenvalue weighted by molar-refractivity contribution is -0.138. The second-order valence-corrected chi connectivity index (χ2v) is 10.0. The van der Waals surface area contributed by atoms with Gasteiger partial charge in [0.25, 0.3) is 0 Å². The topological polar surface area (TPSA) is 78.9 Å². The van der Waals surface area contributed by atoms with Crippen LogP contribution in [0.25, 0.3) is 22.3 Å². The quantitative estimate of drug-likeness (QED) is 0.166. The van der Waals surface area contributed by atoms with Gasteiger partial charge in [0.05, 0.1) is 6.61 Å². The Morgan fingerprint density at radius 2 is 1.48 bits per heavy atom. The molecule has 0 saturated heterocycles. The van der Waals surface area contributed by atoms with E-state index in [-0.39, 0.29) is 28.6 Å². The predicted octanol–water partition coefficient (Wildman–Crippen LogP) is 7.05. The SMILES string of the molecule is C=CC(=O)OCC1CCc2ccc(-c3ccc(-c4ccc(OC(=O)C(=C)C)c(OC(=O)C(=C)C)c4)cc3C)cc21. The van der Waals surface area contributed by atoms with E-state index in [4.69, 9.17) is 14.2 Å². The summed E-state index contributed by atoms with van der Waals surface area (Å²) in [6.45, 7) is 16.2. The van der Waals surface area contributed by atoms with Crippen LogP contribution >= 0.6 is 0 Å². The minimum Gasteiger partial charge on any atom is -0.462 e. The summed E-state index contributed by atoms with van der Waals surface area (Å²) < 4.78 is 16.2. The van der Waals surface area contributed by atoms with Gasteiger partial charge in [0, 0.05) is 23.1 Å². The highest BCUT2D eigenvalue weighted by Gasteiger charge is 2.24. The van der Waals surface area contributed by atoms with Gasteiger partial charge in [-0.05, 0) is 84.7 Å². The number of benzene rings is 3. The first-order valence-corrected chi connectivity index (χ1v) is 13.0. The molecule has 1 atom stereocenters. The maximum atomic E-state index is 12.3. The number of carbonyl (C=O) groups excluding carboxylic acids is 3. The molecule has 204 valence electrons. The molecule has 0 amide bonds. The lowest BCUT2D eigenvalue weighted by Crippen LogP contribution is -2.12. The molecule has 0 fully saturated rings. The number of hydrogen-bond acceptors (Lipinski definition) is 6. The van der Waals surface area contributed by atoms with Crippen molar-refractivity contribution in [3.63, 3.8) is 0 Å². The van der Waals surface area contributed by atoms with Crippen molar-refractivity contribution < 1.29 is 28.6 Å². The maximum Gasteiger partial charge on any atom is 0.338 e. The second kappa shape index (κ2) is 12.0. The van der Waals surface area contributed by atoms with Crippen molar-refractivity contribution in [3.05, 3.63) is 108 Å². The molecular weight excluding hydrogens is 504 g/mol. The van der Waals surface area contributed by atoms with E-state index in [1.54, 1.807) is 32.0 Å². The fraction of sp³-hybridized carbons (Fsp3) is 0.206. The maximum absolute atomic E-state index is 12.3. The molecule has 1 aliphatic rings. The van der Waals surface area contributed by atoms with Gasteiger partial charge in [-0.15, -0.1) is 0 Å². The van der Waals surface area contributed by atoms with Crippen LogP contribution in [0.3, 0.4) is 0 Å². The average Bonchev–Trinajstić information content (AvgIpc) is 3.34. The third-order valence-corrected chi connectivity index (χ3v) is 6.86. The Bertz CT molecular complexity index is 1540. The summed E-state index contributed by atoms with van der Waals surface area (Å²) in [5, 5.41) is 0. The molecule has 0 bridgehead atoms. The third kappa shape index (κ3) is 6.29. The number of fused-ring (bicyclic) bond motifs is 1. The minimum atomic E-state index is -0.620. The van der Waals surface area contributed by atoms with Gasteiger partial charge in [0.1, 0.15) is 0 Å². The molecule has 0 radical (unpaired) electrons. The van der Waals surface area contributed by atoms with Crippen molar-refractivity contribution >= 4 is 17.9 Å². The van der Waals surface area contributed by atoms with Crippen molar-refractivity contribution in [2.45, 2.75) is 39.5 Å². The molecule has 40 heavy (non-hydrogen) atoms. The summed E-state index contributed by atoms with van der Waals surface area (Å²) in [6.07, 6.45) is 3.09. The normalized spacial score (nSPS) is 13.6. The van der Waals surface area contributed by atoms with Crippen LogP contribution in [0.2, 0.25) is 0 Å². The van der Waals surface area contributed by atoms with Crippen LogP contribution in [0.4, 0.5) is 0 Å². The molecule has 3 aromatic carbocycles. The zero-order valence-corrected chi connectivity index (χ0v) is 23.0. The zero-order chi connectivity index (χ0) is 29.0. The predicted molar refractivity (Wildman–Crippen MR) is 155 cm³/mol. The molecule has 6 nitrogen and oxygen atoms in total. The first-order valence-electron chi connectivity index (χ1n) is 13.0. The Hall–Kier alpha value is -4.71. The number of ether oxygens (including phenoxy) is 3. The summed E-state index contributed by atoms with van der Waals surface area (Å²) in [5.74, 6) is -1.25. The molecule has 4 rings (SSSR count). The third-order valence-electron chi connectivity index (χ3n) is 6.86. The van der Waals surface area contributed by atoms with E-state index in [9.17, 15) is 14.4 Å². The van der Waals surface area contributed by atoms with E-state index in [1.165, 1.54) is 17.2 Å². The first kappa shape index (κ1) is 28.3. The van der Waals surface area contributed by atoms with Crippen molar-refractivity contribution in [1.82, 2.24) is 0 Å². The molecule has 0 N–H and O–H groups in total. The van der Waals surface area contributed by atoms with Gasteiger partial charge in [-0.1, -0.05) is 62.2 Å². The van der Waals surface area contributed by atoms with Gasteiger partial charge in [-0.3, -0.25) is 0 Å². The van der Waals surface area contributed by atoms with E-state index in [1.807, 2.05) is 13.0 Å². The second-order valence-electron chi connectivity index (χ2n) is 10.0. The van der Waals surface area contributed by atoms with Gasteiger partial charge in [-0.2, -0.15) is 0 Å². The van der Waals surface area contributed by atoms with Crippen molar-refractivity contribution in [2.75, 3.05) is 6.61 Å². The number of rotatable bonds is 9. The summed E-state index contributed by atoms with van der Waals surface area (Å²) in [7, 11) is 0. The van der Waals surface area contributed by atoms with Crippen LogP contribution in [0.15, 0.2) is 91.6 Å². The van der Waals surface area contributed by atoms with Crippen LogP contribution in [-0.2, 0) is 25.5 Å². The van der Waals surface area contributed by atoms with Crippen LogP contribution in [0.1, 0.15) is 42.9 Å². The Morgan fingerprint density at radius 3 is 2.12 bits per heavy atom. The molecule has 0 heterocycles. The Labute approximate surface area is 234 Å². The van der Waals surface area contributed by atoms with E-state index in [0.29, 0.717) is 6.61 Å². The number of hydrogen-bond donors (Lipinski definition) is 0. The molecule has 6 heteroatoms. The Morgan fingerprint density at radius 1 is 0.850 bits per heavy atom. The monoisotopic (exact) mass is 536 g/mol. The zero-order valence-electron chi connectivity index (χ0n) is 23.0. The standard InChI is InChI=1S/C34H32O6/c1-7-32(35)38-19-27-11-9-23-8-10-26(17-29(23)27)28-14-12-24(16-22(28)6)25-13-15-30(39-33(36)20(2)3)31(18-25)40-34(37)21(4)5/h7-8,10,12-18,27H,1-2,4,9,11,19H2,3,5-6H3. The molecule has 0 aromatic heterocycles. The van der Waals surface area contributed by atoms with Gasteiger partial charge in [0.15, 0.2) is 11.5 Å². The molecule has 0 saturated carbocycles. The summed E-state index contributed by atoms with van der Waals surface area (Å²) in [6, 6.07) is 17.7. The first-order chi connectivity index (χ1) is 19.1. The highest BCUT2D eigenvalue weighted by Crippen LogP contribution is 2.39. The summed E-state index contributed by atoms with van der Waals surface area (Å²) in [5.41, 5.74) is 7.85. The smallest absolute Gasteiger partial charge is 0.338 e. The van der Waals surface area contributed by atoms with Gasteiger partial charge in [-0.25, -0.2) is 14.4 Å². The van der Waals surface area contributed by atoms with Crippen LogP contribution in [0, 0.1) is 6.92 Å². The largest absolute Gasteiger partial charge is 0.462 e. The number of aryl methyl sites for hydroxylation is 2. The molecule has 1 aliphatic carbocycles. The van der Waals surface area contributed by atoms with Gasteiger partial charge in [0.2, 0.25) is 0 Å². The van der Waals surface area contributed by atoms with E-state index in [2.05, 4.69) is 50.1 Å². The molecule has 3 aromatic rings. The highest BCUT2D eigenvalue weighted by molar-refractivity contribution is 5.91. The molecule has 0 spiro atoms. The van der Waals surface area contributed by atoms with Crippen LogP contribution < -0.4 is 9.47 Å². The van der Waals surface area contributed by atoms with Crippen LogP contribution in [-0.4, -0.2) is 24.5 Å². The fourth-order valence-electron chi connectivity index (χ4n) is 4.66. The van der Waals surface area contributed by atoms with Crippen molar-refractivity contribution in [3.8, 4) is 33.8 Å². The van der Waals surface area contributed by atoms with E-state index in [0.717, 1.165) is 40.7 Å². The Kier molecular flexibility index (Phi) is 8.49. The van der Waals surface area contributed by atoms with Crippen molar-refractivity contribution in [2.24, 2.45) is 0 Å². The van der Waals surface area contributed by atoms with Crippen LogP contribution in [0.5, 0.6) is 11.5 Å². The lowest BCUT2D eigenvalue weighted by Gasteiger charge is -2.15. The highest BCUT2D eigenvalue weighted by atomic mass is 16.6. The number of carbonyl (C=O) groups is 3. The molecule has 1 unspecified atom stereocenters. The molecular formula is C34H32O6. The van der Waals surface area contributed by atoms with Gasteiger partial charge >= 0.3 is 17.9 Å². The van der Waals surface area contributed by atoms with E-state index >= 15 is 0 Å². The lowest BCUT2D eigenvalue weighted by atomic mass is 9.92.